The molecular formula is C18H18ClNO3. The Morgan fingerprint density at radius 2 is 1.87 bits per heavy atom. The highest BCUT2D eigenvalue weighted by Crippen LogP contribution is 2.28. The zero-order valence-electron chi connectivity index (χ0n) is 13.0. The summed E-state index contributed by atoms with van der Waals surface area (Å²) in [5, 5.41) is 9.60. The highest BCUT2D eigenvalue weighted by Gasteiger charge is 2.33. The smallest absolute Gasteiger partial charge is 0.254 e. The van der Waals surface area contributed by atoms with E-state index in [9.17, 15) is 9.90 Å². The van der Waals surface area contributed by atoms with Crippen molar-refractivity contribution in [2.24, 2.45) is 0 Å². The SMILES string of the molecule is Cc1cccc(C)c1OC1CN(C(=O)c2ccc(O)c(Cl)c2)C1. The molecule has 5 heteroatoms. The molecule has 0 unspecified atom stereocenters. The van der Waals surface area contributed by atoms with Crippen LogP contribution in [-0.2, 0) is 0 Å². The van der Waals surface area contributed by atoms with Gasteiger partial charge in [-0.2, -0.15) is 0 Å². The second-order valence-electron chi connectivity index (χ2n) is 5.84. The van der Waals surface area contributed by atoms with Crippen LogP contribution in [0.4, 0.5) is 0 Å². The van der Waals surface area contributed by atoms with Gasteiger partial charge in [0.25, 0.3) is 5.91 Å². The van der Waals surface area contributed by atoms with Crippen molar-refractivity contribution in [1.82, 2.24) is 4.90 Å². The molecule has 2 aromatic carbocycles. The molecule has 1 N–H and O–H groups in total. The molecule has 0 aromatic heterocycles. The lowest BCUT2D eigenvalue weighted by Gasteiger charge is -2.39. The van der Waals surface area contributed by atoms with Gasteiger partial charge in [0.2, 0.25) is 0 Å². The number of ether oxygens (including phenoxy) is 1. The predicted molar refractivity (Wildman–Crippen MR) is 89.4 cm³/mol. The van der Waals surface area contributed by atoms with Gasteiger partial charge in [-0.1, -0.05) is 29.8 Å². The van der Waals surface area contributed by atoms with Gasteiger partial charge in [0.1, 0.15) is 17.6 Å². The quantitative estimate of drug-likeness (QED) is 0.935. The summed E-state index contributed by atoms with van der Waals surface area (Å²) < 4.78 is 6.01. The minimum Gasteiger partial charge on any atom is -0.506 e. The van der Waals surface area contributed by atoms with E-state index < -0.39 is 0 Å². The van der Waals surface area contributed by atoms with E-state index in [1.807, 2.05) is 32.0 Å². The van der Waals surface area contributed by atoms with Crippen LogP contribution in [0.5, 0.6) is 11.5 Å². The number of para-hydroxylation sites is 1. The standard InChI is InChI=1S/C18H18ClNO3/c1-11-4-3-5-12(2)17(11)23-14-9-20(10-14)18(22)13-6-7-16(21)15(19)8-13/h3-8,14,21H,9-10H2,1-2H3. The number of aryl methyl sites for hydroxylation is 2. The Kier molecular flexibility index (Phi) is 4.18. The molecule has 1 fully saturated rings. The first-order valence-electron chi connectivity index (χ1n) is 7.46. The Balaban J connectivity index is 1.62. The van der Waals surface area contributed by atoms with Crippen LogP contribution < -0.4 is 4.74 Å². The van der Waals surface area contributed by atoms with Gasteiger partial charge in [-0.25, -0.2) is 0 Å². The first-order valence-corrected chi connectivity index (χ1v) is 7.84. The second kappa shape index (κ2) is 6.13. The first kappa shape index (κ1) is 15.7. The fourth-order valence-electron chi connectivity index (χ4n) is 2.65. The summed E-state index contributed by atoms with van der Waals surface area (Å²) in [6.07, 6.45) is 0.00587. The molecule has 120 valence electrons. The normalized spacial score (nSPS) is 14.5. The molecular weight excluding hydrogens is 314 g/mol. The van der Waals surface area contributed by atoms with Gasteiger partial charge in [-0.15, -0.1) is 0 Å². The van der Waals surface area contributed by atoms with Crippen molar-refractivity contribution in [1.29, 1.82) is 0 Å². The molecule has 1 aliphatic heterocycles. The highest BCUT2D eigenvalue weighted by molar-refractivity contribution is 6.32. The summed E-state index contributed by atoms with van der Waals surface area (Å²) >= 11 is 5.85. The van der Waals surface area contributed by atoms with Gasteiger partial charge in [0.15, 0.2) is 0 Å². The lowest BCUT2D eigenvalue weighted by Crippen LogP contribution is -2.56. The Hall–Kier alpha value is -2.20. The number of hydrogen-bond donors (Lipinski definition) is 1. The van der Waals surface area contributed by atoms with Gasteiger partial charge in [-0.05, 0) is 43.2 Å². The largest absolute Gasteiger partial charge is 0.506 e. The topological polar surface area (TPSA) is 49.8 Å². The van der Waals surface area contributed by atoms with E-state index >= 15 is 0 Å². The summed E-state index contributed by atoms with van der Waals surface area (Å²) in [6.45, 7) is 5.13. The van der Waals surface area contributed by atoms with Crippen LogP contribution in [0.15, 0.2) is 36.4 Å². The van der Waals surface area contributed by atoms with E-state index in [2.05, 4.69) is 0 Å². The predicted octanol–water partition coefficient (Wildman–Crippen LogP) is 3.57. The van der Waals surface area contributed by atoms with Crippen LogP contribution in [0.1, 0.15) is 21.5 Å². The maximum atomic E-state index is 12.4. The van der Waals surface area contributed by atoms with Crippen molar-refractivity contribution in [3.63, 3.8) is 0 Å². The molecule has 2 aromatic rings. The van der Waals surface area contributed by atoms with Crippen LogP contribution in [0.3, 0.4) is 0 Å². The van der Waals surface area contributed by atoms with Crippen LogP contribution in [0, 0.1) is 13.8 Å². The fourth-order valence-corrected chi connectivity index (χ4v) is 2.83. The Morgan fingerprint density at radius 3 is 2.48 bits per heavy atom. The number of rotatable bonds is 3. The van der Waals surface area contributed by atoms with Crippen molar-refractivity contribution in [3.05, 3.63) is 58.1 Å². The summed E-state index contributed by atoms with van der Waals surface area (Å²) in [5.41, 5.74) is 2.67. The van der Waals surface area contributed by atoms with Crippen LogP contribution in [-0.4, -0.2) is 35.1 Å². The van der Waals surface area contributed by atoms with Crippen LogP contribution in [0.25, 0.3) is 0 Å². The van der Waals surface area contributed by atoms with Crippen LogP contribution >= 0.6 is 11.6 Å². The monoisotopic (exact) mass is 331 g/mol. The second-order valence-corrected chi connectivity index (χ2v) is 6.24. The third-order valence-electron chi connectivity index (χ3n) is 4.02. The van der Waals surface area contributed by atoms with Gasteiger partial charge in [-0.3, -0.25) is 4.79 Å². The summed E-state index contributed by atoms with van der Waals surface area (Å²) in [4.78, 5) is 14.1. The van der Waals surface area contributed by atoms with E-state index in [1.165, 1.54) is 12.1 Å². The summed E-state index contributed by atoms with van der Waals surface area (Å²) in [7, 11) is 0. The van der Waals surface area contributed by atoms with Crippen molar-refractivity contribution >= 4 is 17.5 Å². The molecule has 0 bridgehead atoms. The number of benzene rings is 2. The molecule has 1 amide bonds. The van der Waals surface area contributed by atoms with Crippen LogP contribution in [0.2, 0.25) is 5.02 Å². The molecule has 1 heterocycles. The molecule has 0 saturated carbocycles. The molecule has 4 nitrogen and oxygen atoms in total. The maximum Gasteiger partial charge on any atom is 0.254 e. The Morgan fingerprint density at radius 1 is 1.22 bits per heavy atom. The average Bonchev–Trinajstić information content (AvgIpc) is 2.47. The lowest BCUT2D eigenvalue weighted by atomic mass is 10.1. The molecule has 0 spiro atoms. The number of phenolic OH excluding ortho intramolecular Hbond substituents is 1. The number of carbonyl (C=O) groups is 1. The number of carbonyl (C=O) groups excluding carboxylic acids is 1. The fraction of sp³-hybridized carbons (Fsp3) is 0.278. The zero-order valence-corrected chi connectivity index (χ0v) is 13.8. The molecule has 0 radical (unpaired) electrons. The molecule has 23 heavy (non-hydrogen) atoms. The lowest BCUT2D eigenvalue weighted by molar-refractivity contribution is 0.0173. The molecule has 1 aliphatic rings. The minimum absolute atomic E-state index is 0.00587. The van der Waals surface area contributed by atoms with Gasteiger partial charge in [0, 0.05) is 5.56 Å². The number of hydrogen-bond acceptors (Lipinski definition) is 3. The molecule has 1 saturated heterocycles. The Bertz CT molecular complexity index is 734. The number of phenols is 1. The van der Waals surface area contributed by atoms with Crippen molar-refractivity contribution < 1.29 is 14.6 Å². The maximum absolute atomic E-state index is 12.4. The van der Waals surface area contributed by atoms with Crippen molar-refractivity contribution in [3.8, 4) is 11.5 Å². The number of amides is 1. The van der Waals surface area contributed by atoms with Gasteiger partial charge in [0.05, 0.1) is 18.1 Å². The minimum atomic E-state index is -0.103. The Labute approximate surface area is 140 Å². The molecule has 3 rings (SSSR count). The number of aromatic hydroxyl groups is 1. The number of nitrogens with zero attached hydrogens (tertiary/aromatic N) is 1. The van der Waals surface area contributed by atoms with E-state index in [0.29, 0.717) is 18.7 Å². The van der Waals surface area contributed by atoms with Gasteiger partial charge >= 0.3 is 0 Å². The summed E-state index contributed by atoms with van der Waals surface area (Å²) in [6, 6.07) is 10.5. The first-order chi connectivity index (χ1) is 11.0. The highest BCUT2D eigenvalue weighted by atomic mass is 35.5. The third kappa shape index (κ3) is 3.13. The van der Waals surface area contributed by atoms with E-state index in [4.69, 9.17) is 16.3 Å². The van der Waals surface area contributed by atoms with E-state index in [1.54, 1.807) is 11.0 Å². The zero-order chi connectivity index (χ0) is 16.6. The number of likely N-dealkylation sites (tertiary alicyclic amines) is 1. The van der Waals surface area contributed by atoms with Crippen molar-refractivity contribution in [2.45, 2.75) is 20.0 Å². The number of halogens is 1. The van der Waals surface area contributed by atoms with Crippen molar-refractivity contribution in [2.75, 3.05) is 13.1 Å². The summed E-state index contributed by atoms with van der Waals surface area (Å²) in [5.74, 6) is 0.772. The third-order valence-corrected chi connectivity index (χ3v) is 4.33. The molecule has 0 atom stereocenters. The van der Waals surface area contributed by atoms with E-state index in [0.717, 1.165) is 16.9 Å². The average molecular weight is 332 g/mol. The molecule has 0 aliphatic carbocycles. The van der Waals surface area contributed by atoms with Gasteiger partial charge < -0.3 is 14.7 Å². The van der Waals surface area contributed by atoms with E-state index in [-0.39, 0.29) is 22.8 Å².